The minimum absolute atomic E-state index is 0.531. The van der Waals surface area contributed by atoms with Crippen molar-refractivity contribution >= 4 is 21.9 Å². The molecule has 0 aliphatic rings. The maximum Gasteiger partial charge on any atom is 0.309 e. The van der Waals surface area contributed by atoms with Gasteiger partial charge in [-0.05, 0) is 32.8 Å². The summed E-state index contributed by atoms with van der Waals surface area (Å²) in [6.45, 7) is 3.44. The number of hydrogen-bond acceptors (Lipinski definition) is 3. The van der Waals surface area contributed by atoms with Gasteiger partial charge in [-0.3, -0.25) is 4.79 Å². The number of ether oxygens (including phenoxy) is 2. The quantitative estimate of drug-likeness (QED) is 0.867. The van der Waals surface area contributed by atoms with E-state index in [0.717, 1.165) is 10.0 Å². The molecular weight excluding hydrogens is 312 g/mol. The summed E-state index contributed by atoms with van der Waals surface area (Å²) in [6, 6.07) is 3.65. The average Bonchev–Trinajstić information content (AvgIpc) is 2.36. The van der Waals surface area contributed by atoms with Gasteiger partial charge >= 0.3 is 5.97 Å². The number of halogens is 1. The molecule has 19 heavy (non-hydrogen) atoms. The van der Waals surface area contributed by atoms with Crippen LogP contribution in [-0.4, -0.2) is 25.3 Å². The van der Waals surface area contributed by atoms with Crippen LogP contribution in [0.3, 0.4) is 0 Å². The van der Waals surface area contributed by atoms with Gasteiger partial charge in [0.2, 0.25) is 0 Å². The Morgan fingerprint density at radius 2 is 1.95 bits per heavy atom. The minimum atomic E-state index is -0.795. The molecular formula is C14H19BrO4. The fraction of sp³-hybridized carbons (Fsp3) is 0.500. The summed E-state index contributed by atoms with van der Waals surface area (Å²) in [5.41, 5.74) is 0.197. The Balaban J connectivity index is 2.98. The first-order chi connectivity index (χ1) is 8.81. The zero-order valence-corrected chi connectivity index (χ0v) is 13.2. The molecule has 0 atom stereocenters. The Kier molecular flexibility index (Phi) is 5.23. The Morgan fingerprint density at radius 1 is 1.32 bits per heavy atom. The molecule has 1 N–H and O–H groups in total. The molecule has 0 aromatic heterocycles. The van der Waals surface area contributed by atoms with Crippen LogP contribution in [0.1, 0.15) is 25.8 Å². The third-order valence-corrected chi connectivity index (χ3v) is 3.87. The summed E-state index contributed by atoms with van der Waals surface area (Å²) < 4.78 is 11.4. The lowest BCUT2D eigenvalue weighted by Crippen LogP contribution is -2.24. The van der Waals surface area contributed by atoms with E-state index in [1.165, 1.54) is 0 Å². The average molecular weight is 331 g/mol. The molecule has 0 bridgehead atoms. The number of aliphatic carboxylic acids is 1. The number of carboxylic acid groups (broad SMARTS) is 1. The molecule has 0 heterocycles. The van der Waals surface area contributed by atoms with Crippen LogP contribution in [0.4, 0.5) is 0 Å². The molecule has 106 valence electrons. The van der Waals surface area contributed by atoms with Crippen molar-refractivity contribution in [3.63, 3.8) is 0 Å². The molecule has 1 rings (SSSR count). The van der Waals surface area contributed by atoms with Crippen molar-refractivity contribution in [2.45, 2.75) is 26.7 Å². The van der Waals surface area contributed by atoms with Gasteiger partial charge in [-0.2, -0.15) is 0 Å². The topological polar surface area (TPSA) is 55.8 Å². The van der Waals surface area contributed by atoms with Gasteiger partial charge in [0.15, 0.2) is 0 Å². The monoisotopic (exact) mass is 330 g/mol. The van der Waals surface area contributed by atoms with Crippen molar-refractivity contribution in [2.24, 2.45) is 5.41 Å². The Morgan fingerprint density at radius 3 is 2.42 bits per heavy atom. The molecule has 5 heteroatoms. The third kappa shape index (κ3) is 3.86. The number of methoxy groups -OCH3 is 2. The summed E-state index contributed by atoms with van der Waals surface area (Å²) in [6.07, 6.45) is 1.15. The maximum absolute atomic E-state index is 11.1. The third-order valence-electron chi connectivity index (χ3n) is 3.16. The fourth-order valence-electron chi connectivity index (χ4n) is 1.67. The molecule has 0 aliphatic heterocycles. The Hall–Kier alpha value is -1.23. The first-order valence-corrected chi connectivity index (χ1v) is 6.75. The van der Waals surface area contributed by atoms with Crippen LogP contribution >= 0.6 is 15.9 Å². The van der Waals surface area contributed by atoms with E-state index in [2.05, 4.69) is 15.9 Å². The number of benzene rings is 1. The van der Waals surface area contributed by atoms with E-state index in [0.29, 0.717) is 24.3 Å². The second kappa shape index (κ2) is 6.28. The van der Waals surface area contributed by atoms with E-state index in [9.17, 15) is 4.79 Å². The number of hydrogen-bond donors (Lipinski definition) is 1. The van der Waals surface area contributed by atoms with Gasteiger partial charge in [0.25, 0.3) is 0 Å². The van der Waals surface area contributed by atoms with Crippen molar-refractivity contribution in [3.8, 4) is 11.5 Å². The summed E-state index contributed by atoms with van der Waals surface area (Å²) in [5.74, 6) is 0.605. The van der Waals surface area contributed by atoms with Crippen LogP contribution in [0.2, 0.25) is 0 Å². The van der Waals surface area contributed by atoms with Crippen LogP contribution in [0.15, 0.2) is 16.6 Å². The van der Waals surface area contributed by atoms with E-state index in [1.807, 2.05) is 6.07 Å². The molecule has 0 aliphatic carbocycles. The maximum atomic E-state index is 11.1. The van der Waals surface area contributed by atoms with Gasteiger partial charge in [0, 0.05) is 16.1 Å². The van der Waals surface area contributed by atoms with Gasteiger partial charge in [-0.15, -0.1) is 0 Å². The van der Waals surface area contributed by atoms with Crippen LogP contribution < -0.4 is 9.47 Å². The predicted molar refractivity (Wildman–Crippen MR) is 77.0 cm³/mol. The smallest absolute Gasteiger partial charge is 0.309 e. The molecule has 0 radical (unpaired) electrons. The van der Waals surface area contributed by atoms with Crippen molar-refractivity contribution < 1.29 is 19.4 Å². The van der Waals surface area contributed by atoms with E-state index in [4.69, 9.17) is 14.6 Å². The highest BCUT2D eigenvalue weighted by molar-refractivity contribution is 9.10. The lowest BCUT2D eigenvalue weighted by molar-refractivity contribution is -0.147. The summed E-state index contributed by atoms with van der Waals surface area (Å²) in [4.78, 5) is 11.1. The molecule has 4 nitrogen and oxygen atoms in total. The summed E-state index contributed by atoms with van der Waals surface area (Å²) >= 11 is 3.48. The molecule has 0 saturated heterocycles. The van der Waals surface area contributed by atoms with Crippen LogP contribution in [0.25, 0.3) is 0 Å². The predicted octanol–water partition coefficient (Wildman–Crippen LogP) is 3.51. The van der Waals surface area contributed by atoms with Gasteiger partial charge in [0.05, 0.1) is 19.6 Å². The van der Waals surface area contributed by atoms with Crippen LogP contribution in [0, 0.1) is 5.41 Å². The first-order valence-electron chi connectivity index (χ1n) is 5.95. The highest BCUT2D eigenvalue weighted by Crippen LogP contribution is 2.35. The Labute approximate surface area is 121 Å². The standard InChI is InChI=1S/C14H19BrO4/c1-14(2,13(16)17)6-5-10-11(15)7-9(18-3)8-12(10)19-4/h7-8H,5-6H2,1-4H3,(H,16,17). The van der Waals surface area contributed by atoms with E-state index in [-0.39, 0.29) is 0 Å². The van der Waals surface area contributed by atoms with Gasteiger partial charge in [-0.25, -0.2) is 0 Å². The van der Waals surface area contributed by atoms with E-state index < -0.39 is 11.4 Å². The zero-order valence-electron chi connectivity index (χ0n) is 11.6. The van der Waals surface area contributed by atoms with Crippen molar-refractivity contribution in [1.82, 2.24) is 0 Å². The van der Waals surface area contributed by atoms with Gasteiger partial charge in [-0.1, -0.05) is 15.9 Å². The summed E-state index contributed by atoms with van der Waals surface area (Å²) in [5, 5.41) is 9.13. The normalized spacial score (nSPS) is 11.2. The second-order valence-electron chi connectivity index (χ2n) is 4.98. The lowest BCUT2D eigenvalue weighted by atomic mass is 9.86. The van der Waals surface area contributed by atoms with E-state index in [1.54, 1.807) is 34.1 Å². The van der Waals surface area contributed by atoms with E-state index >= 15 is 0 Å². The highest BCUT2D eigenvalue weighted by atomic mass is 79.9. The number of carboxylic acids is 1. The number of rotatable bonds is 6. The van der Waals surface area contributed by atoms with Crippen molar-refractivity contribution in [2.75, 3.05) is 14.2 Å². The minimum Gasteiger partial charge on any atom is -0.497 e. The van der Waals surface area contributed by atoms with Crippen molar-refractivity contribution in [3.05, 3.63) is 22.2 Å². The largest absolute Gasteiger partial charge is 0.497 e. The second-order valence-corrected chi connectivity index (χ2v) is 5.83. The van der Waals surface area contributed by atoms with Gasteiger partial charge < -0.3 is 14.6 Å². The van der Waals surface area contributed by atoms with Gasteiger partial charge in [0.1, 0.15) is 11.5 Å². The molecule has 0 saturated carbocycles. The fourth-order valence-corrected chi connectivity index (χ4v) is 2.29. The summed E-state index contributed by atoms with van der Waals surface area (Å²) in [7, 11) is 3.18. The molecule has 0 spiro atoms. The Bertz CT molecular complexity index is 469. The number of carbonyl (C=O) groups is 1. The van der Waals surface area contributed by atoms with Crippen LogP contribution in [0.5, 0.6) is 11.5 Å². The van der Waals surface area contributed by atoms with Crippen LogP contribution in [-0.2, 0) is 11.2 Å². The SMILES string of the molecule is COc1cc(Br)c(CCC(C)(C)C(=O)O)c(OC)c1. The molecule has 1 aromatic rings. The molecule has 0 unspecified atom stereocenters. The molecule has 0 amide bonds. The highest BCUT2D eigenvalue weighted by Gasteiger charge is 2.27. The first kappa shape index (κ1) is 15.8. The lowest BCUT2D eigenvalue weighted by Gasteiger charge is -2.20. The van der Waals surface area contributed by atoms with Crippen molar-refractivity contribution in [1.29, 1.82) is 0 Å². The zero-order chi connectivity index (χ0) is 14.6. The molecule has 0 fully saturated rings. The molecule has 1 aromatic carbocycles.